The zero-order valence-corrected chi connectivity index (χ0v) is 43.0. The van der Waals surface area contributed by atoms with Crippen LogP contribution in [0.4, 0.5) is 24.0 Å². The number of hydrogen-bond acceptors (Lipinski definition) is 12. The van der Waals surface area contributed by atoms with Gasteiger partial charge in [0.05, 0.1) is 24.5 Å². The van der Waals surface area contributed by atoms with Gasteiger partial charge in [-0.25, -0.2) is 24.0 Å². The summed E-state index contributed by atoms with van der Waals surface area (Å²) in [6.45, 7) is 12.7. The molecule has 0 aliphatic heterocycles. The average molecular weight is 1040 g/mol. The summed E-state index contributed by atoms with van der Waals surface area (Å²) < 4.78 is 0. The Morgan fingerprint density at radius 1 is 0.589 bits per heavy atom. The number of urea groups is 5. The topological polar surface area (TPSA) is 434 Å². The average Bonchev–Trinajstić information content (AvgIpc) is 3.30. The summed E-state index contributed by atoms with van der Waals surface area (Å²) in [4.78, 5) is 124. The molecule has 0 unspecified atom stereocenters. The van der Waals surface area contributed by atoms with Gasteiger partial charge >= 0.3 is 36.1 Å². The summed E-state index contributed by atoms with van der Waals surface area (Å²) >= 11 is 0. The van der Waals surface area contributed by atoms with Crippen LogP contribution in [-0.2, 0) is 30.4 Å². The lowest BCUT2D eigenvalue weighted by molar-refractivity contribution is -0.137. The zero-order valence-electron chi connectivity index (χ0n) is 43.0. The van der Waals surface area contributed by atoms with Gasteiger partial charge in [0.2, 0.25) is 23.6 Å². The van der Waals surface area contributed by atoms with Crippen molar-refractivity contribution < 1.29 is 58.2 Å². The van der Waals surface area contributed by atoms with E-state index in [2.05, 4.69) is 63.8 Å². The van der Waals surface area contributed by atoms with Crippen LogP contribution in [0.2, 0.25) is 0 Å². The Morgan fingerprint density at radius 2 is 1.15 bits per heavy atom. The second kappa shape index (κ2) is 34.1. The molecule has 0 aromatic heterocycles. The first-order valence-corrected chi connectivity index (χ1v) is 24.4. The molecule has 0 saturated heterocycles. The van der Waals surface area contributed by atoms with Crippen molar-refractivity contribution in [2.45, 2.75) is 148 Å². The number of carboxylic acids is 1. The monoisotopic (exact) mass is 1040 g/mol. The summed E-state index contributed by atoms with van der Waals surface area (Å²) in [6.07, 6.45) is 1.77. The number of aliphatic carboxylic acids is 1. The lowest BCUT2D eigenvalue weighted by Crippen LogP contribution is -2.57. The highest BCUT2D eigenvalue weighted by Gasteiger charge is 2.29. The van der Waals surface area contributed by atoms with Gasteiger partial charge in [-0.1, -0.05) is 59.6 Å². The molecular weight excluding hydrogens is 955 g/mol. The molecule has 0 saturated carbocycles. The first kappa shape index (κ1) is 63.7. The normalized spacial score (nSPS) is 14.2. The van der Waals surface area contributed by atoms with Crippen LogP contribution in [0.25, 0.3) is 0 Å². The predicted molar refractivity (Wildman–Crippen MR) is 270 cm³/mol. The molecule has 0 spiro atoms. The summed E-state index contributed by atoms with van der Waals surface area (Å²) in [5, 5.41) is 50.9. The fourth-order valence-electron chi connectivity index (χ4n) is 6.92. The highest BCUT2D eigenvalue weighted by molar-refractivity contribution is 5.95. The lowest BCUT2D eigenvalue weighted by atomic mass is 10.0. The Bertz CT molecular complexity index is 1960. The van der Waals surface area contributed by atoms with E-state index >= 15 is 0 Å². The molecule has 1 aromatic rings. The van der Waals surface area contributed by atoms with E-state index in [9.17, 15) is 53.1 Å². The second-order valence-corrected chi connectivity index (χ2v) is 18.7. The van der Waals surface area contributed by atoms with E-state index in [-0.39, 0.29) is 69.2 Å². The number of primary amides is 2. The number of hydrogen-bond donors (Lipinski definition) is 17. The standard InChI is InChI=1S/C46H81N15O12/c1-8-9-10-30(21-51-42(49)69)57-44(71)54-24-36(26(4)5)61-45(72)53-23-32(18-29-11-13-33(62)14-12-29)58-43(70)52-22-31(17-25(2)3)59-46(73)55-27(6)20-50-39(66)28(7)56-41(68)35(19-37(48)63)60-40(67)34(47)15-16-38(64)65/h11-14,25-28,30-32,34-36,62H,8-10,15-24,47H2,1-7H3,(H2,48,63)(H,50,66)(H,56,68)(H,60,67)(H,64,65)(H3,49,51,69)(H2,52,58,70)(H2,53,61,72)(H2,54,57,71)(H2,55,59,73)/t27-,28+,30+,31+,32+,34+,35+,36-/m1/s1. The summed E-state index contributed by atoms with van der Waals surface area (Å²) in [5.41, 5.74) is 16.9. The van der Waals surface area contributed by atoms with Crippen LogP contribution in [0.3, 0.4) is 0 Å². The van der Waals surface area contributed by atoms with E-state index in [0.717, 1.165) is 18.4 Å². The third-order valence-corrected chi connectivity index (χ3v) is 11.0. The summed E-state index contributed by atoms with van der Waals surface area (Å²) in [7, 11) is 0. The smallest absolute Gasteiger partial charge is 0.315 e. The third kappa shape index (κ3) is 29.6. The first-order valence-electron chi connectivity index (χ1n) is 24.4. The molecule has 0 bridgehead atoms. The van der Waals surface area contributed by atoms with E-state index in [1.165, 1.54) is 19.1 Å². The van der Waals surface area contributed by atoms with Crippen molar-refractivity contribution in [2.75, 3.05) is 32.7 Å². The van der Waals surface area contributed by atoms with Gasteiger partial charge in [-0.2, -0.15) is 0 Å². The number of carbonyl (C=O) groups excluding carboxylic acids is 9. The maximum absolute atomic E-state index is 13.4. The van der Waals surface area contributed by atoms with Crippen LogP contribution >= 0.6 is 0 Å². The quantitative estimate of drug-likeness (QED) is 0.0391. The van der Waals surface area contributed by atoms with Crippen LogP contribution in [0.15, 0.2) is 24.3 Å². The minimum absolute atomic E-state index is 0.00271. The van der Waals surface area contributed by atoms with Gasteiger partial charge in [0, 0.05) is 57.3 Å². The van der Waals surface area contributed by atoms with Crippen molar-refractivity contribution >= 4 is 59.8 Å². The predicted octanol–water partition coefficient (Wildman–Crippen LogP) is -1.27. The van der Waals surface area contributed by atoms with Crippen molar-refractivity contribution in [3.63, 3.8) is 0 Å². The van der Waals surface area contributed by atoms with Crippen LogP contribution in [-0.4, -0.2) is 151 Å². The number of benzene rings is 1. The van der Waals surface area contributed by atoms with Crippen LogP contribution in [0.5, 0.6) is 5.75 Å². The molecule has 0 heterocycles. The maximum atomic E-state index is 13.4. The molecule has 27 nitrogen and oxygen atoms in total. The molecule has 73 heavy (non-hydrogen) atoms. The van der Waals surface area contributed by atoms with E-state index in [4.69, 9.17) is 22.3 Å². The van der Waals surface area contributed by atoms with Crippen LogP contribution in [0.1, 0.15) is 99.0 Å². The fourth-order valence-corrected chi connectivity index (χ4v) is 6.92. The second-order valence-electron chi connectivity index (χ2n) is 18.7. The Labute approximate surface area is 426 Å². The molecule has 412 valence electrons. The number of nitrogens with one attached hydrogen (secondary N) is 12. The van der Waals surface area contributed by atoms with Crippen molar-refractivity contribution in [3.8, 4) is 5.75 Å². The van der Waals surface area contributed by atoms with Gasteiger partial charge in [-0.3, -0.25) is 24.0 Å². The molecule has 14 amide bonds. The van der Waals surface area contributed by atoms with E-state index in [0.29, 0.717) is 12.8 Å². The highest BCUT2D eigenvalue weighted by atomic mass is 16.4. The number of aromatic hydroxyl groups is 1. The fraction of sp³-hybridized carbons (Fsp3) is 0.652. The van der Waals surface area contributed by atoms with Gasteiger partial charge < -0.3 is 91.2 Å². The molecular formula is C46H81N15O12. The Kier molecular flexibility index (Phi) is 29.8. The molecule has 27 heteroatoms. The van der Waals surface area contributed by atoms with E-state index in [1.54, 1.807) is 19.1 Å². The van der Waals surface area contributed by atoms with E-state index < -0.39 is 115 Å². The molecule has 0 radical (unpaired) electrons. The number of carboxylic acid groups (broad SMARTS) is 1. The molecule has 0 aliphatic rings. The summed E-state index contributed by atoms with van der Waals surface area (Å²) in [5.74, 6) is -4.58. The van der Waals surface area contributed by atoms with Crippen molar-refractivity contribution in [1.82, 2.24) is 63.8 Å². The lowest BCUT2D eigenvalue weighted by Gasteiger charge is -2.26. The first-order chi connectivity index (χ1) is 34.3. The molecule has 20 N–H and O–H groups in total. The van der Waals surface area contributed by atoms with Gasteiger partial charge in [-0.15, -0.1) is 0 Å². The molecule has 1 aromatic carbocycles. The number of amides is 14. The Morgan fingerprint density at radius 3 is 1.71 bits per heavy atom. The van der Waals surface area contributed by atoms with Gasteiger partial charge in [-0.05, 0) is 69.1 Å². The SMILES string of the molecule is CCCC[C@@H](CNC(N)=O)NC(=O)NC[C@@H](NC(=O)NC[C@H](Cc1ccc(O)cc1)NC(=O)NC[C@H](CC(C)C)NC(=O)N[C@H](C)CNC(=O)[C@H](C)NC(=O)[C@H](CC(N)=O)NC(=O)[C@@H](N)CCC(=O)O)C(C)C. The third-order valence-electron chi connectivity index (χ3n) is 11.0. The van der Waals surface area contributed by atoms with Gasteiger partial charge in [0.15, 0.2) is 0 Å². The maximum Gasteiger partial charge on any atom is 0.315 e. The van der Waals surface area contributed by atoms with Crippen LogP contribution < -0.4 is 81.0 Å². The molecule has 1 rings (SSSR count). The number of carbonyl (C=O) groups is 10. The Hall–Kier alpha value is -7.32. The number of phenolic OH excluding ortho intramolecular Hbond substituents is 1. The number of rotatable bonds is 33. The minimum Gasteiger partial charge on any atom is -0.508 e. The van der Waals surface area contributed by atoms with E-state index in [1.807, 2.05) is 34.6 Å². The Balaban J connectivity index is 2.85. The minimum atomic E-state index is -1.50. The molecule has 0 fully saturated rings. The number of phenols is 1. The summed E-state index contributed by atoms with van der Waals surface area (Å²) in [6, 6.07) is -3.25. The van der Waals surface area contributed by atoms with Crippen LogP contribution in [0, 0.1) is 11.8 Å². The zero-order chi connectivity index (χ0) is 55.2. The molecule has 8 atom stereocenters. The molecule has 0 aliphatic carbocycles. The van der Waals surface area contributed by atoms with Gasteiger partial charge in [0.1, 0.15) is 17.8 Å². The number of unbranched alkanes of at least 4 members (excludes halogenated alkanes) is 1. The largest absolute Gasteiger partial charge is 0.508 e. The van der Waals surface area contributed by atoms with Crippen molar-refractivity contribution in [1.29, 1.82) is 0 Å². The number of nitrogens with two attached hydrogens (primary N) is 3. The van der Waals surface area contributed by atoms with Crippen molar-refractivity contribution in [2.24, 2.45) is 29.0 Å². The van der Waals surface area contributed by atoms with Gasteiger partial charge in [0.25, 0.3) is 0 Å². The van der Waals surface area contributed by atoms with Crippen molar-refractivity contribution in [3.05, 3.63) is 29.8 Å². The highest BCUT2D eigenvalue weighted by Crippen LogP contribution is 2.12.